The first-order valence-electron chi connectivity index (χ1n) is 7.75. The number of carboxylic acids is 1. The van der Waals surface area contributed by atoms with E-state index in [0.29, 0.717) is 25.2 Å². The van der Waals surface area contributed by atoms with Crippen molar-refractivity contribution in [2.75, 3.05) is 7.11 Å². The molecule has 1 saturated carbocycles. The lowest BCUT2D eigenvalue weighted by Gasteiger charge is -2.19. The Morgan fingerprint density at radius 1 is 1.23 bits per heavy atom. The number of hydrogen-bond donors (Lipinski definition) is 2. The molecule has 2 N–H and O–H groups in total. The van der Waals surface area contributed by atoms with Crippen LogP contribution in [0.2, 0.25) is 0 Å². The van der Waals surface area contributed by atoms with Crippen molar-refractivity contribution in [1.29, 1.82) is 0 Å². The van der Waals surface area contributed by atoms with Gasteiger partial charge in [0.25, 0.3) is 0 Å². The SMILES string of the molecule is COc1ccc(C(NC(=O)CCCCC(=O)O)C2CC2)cc1. The van der Waals surface area contributed by atoms with Crippen molar-refractivity contribution in [2.45, 2.75) is 44.6 Å². The minimum atomic E-state index is -0.811. The number of amides is 1. The fraction of sp³-hybridized carbons (Fsp3) is 0.529. The second-order valence-electron chi connectivity index (χ2n) is 5.76. The highest BCUT2D eigenvalue weighted by Crippen LogP contribution is 2.41. The lowest BCUT2D eigenvalue weighted by molar-refractivity contribution is -0.137. The summed E-state index contributed by atoms with van der Waals surface area (Å²) in [6, 6.07) is 7.85. The van der Waals surface area contributed by atoms with Crippen LogP contribution < -0.4 is 10.1 Å². The van der Waals surface area contributed by atoms with Crippen LogP contribution in [0.5, 0.6) is 5.75 Å². The molecule has 120 valence electrons. The molecule has 1 aromatic carbocycles. The monoisotopic (exact) mass is 305 g/mol. The summed E-state index contributed by atoms with van der Waals surface area (Å²) in [5.41, 5.74) is 1.10. The summed E-state index contributed by atoms with van der Waals surface area (Å²) in [5, 5.41) is 11.7. The molecule has 22 heavy (non-hydrogen) atoms. The van der Waals surface area contributed by atoms with E-state index >= 15 is 0 Å². The normalized spacial score (nSPS) is 15.1. The summed E-state index contributed by atoms with van der Waals surface area (Å²) in [6.07, 6.45) is 3.92. The Labute approximate surface area is 130 Å². The molecule has 0 bridgehead atoms. The van der Waals surface area contributed by atoms with E-state index in [9.17, 15) is 9.59 Å². The van der Waals surface area contributed by atoms with Crippen molar-refractivity contribution in [3.05, 3.63) is 29.8 Å². The standard InChI is InChI=1S/C17H23NO4/c1-22-14-10-8-13(9-11-14)17(12-6-7-12)18-15(19)4-2-3-5-16(20)21/h8-12,17H,2-7H2,1H3,(H,18,19)(H,20,21). The van der Waals surface area contributed by atoms with Gasteiger partial charge in [-0.2, -0.15) is 0 Å². The highest BCUT2D eigenvalue weighted by molar-refractivity contribution is 5.76. The molecule has 0 radical (unpaired) electrons. The van der Waals surface area contributed by atoms with Gasteiger partial charge in [-0.3, -0.25) is 9.59 Å². The van der Waals surface area contributed by atoms with Crippen LogP contribution in [0.1, 0.15) is 50.1 Å². The number of methoxy groups -OCH3 is 1. The molecular formula is C17H23NO4. The van der Waals surface area contributed by atoms with Crippen LogP contribution in [-0.4, -0.2) is 24.1 Å². The fourth-order valence-corrected chi connectivity index (χ4v) is 2.52. The minimum absolute atomic E-state index is 0.00175. The fourth-order valence-electron chi connectivity index (χ4n) is 2.52. The summed E-state index contributed by atoms with van der Waals surface area (Å²) in [5.74, 6) is 0.502. The largest absolute Gasteiger partial charge is 0.497 e. The average molecular weight is 305 g/mol. The topological polar surface area (TPSA) is 75.6 Å². The summed E-state index contributed by atoms with van der Waals surface area (Å²) < 4.78 is 5.16. The molecule has 1 aromatic rings. The van der Waals surface area contributed by atoms with E-state index < -0.39 is 5.97 Å². The molecule has 2 rings (SSSR count). The number of carbonyl (C=O) groups excluding carboxylic acids is 1. The maximum atomic E-state index is 12.0. The van der Waals surface area contributed by atoms with Crippen LogP contribution in [0.15, 0.2) is 24.3 Å². The first-order chi connectivity index (χ1) is 10.6. The van der Waals surface area contributed by atoms with Gasteiger partial charge in [-0.15, -0.1) is 0 Å². The van der Waals surface area contributed by atoms with Crippen LogP contribution in [0, 0.1) is 5.92 Å². The van der Waals surface area contributed by atoms with Gasteiger partial charge < -0.3 is 15.2 Å². The van der Waals surface area contributed by atoms with E-state index in [1.165, 1.54) is 0 Å². The molecule has 0 aliphatic heterocycles. The minimum Gasteiger partial charge on any atom is -0.497 e. The molecule has 0 heterocycles. The smallest absolute Gasteiger partial charge is 0.303 e. The third kappa shape index (κ3) is 5.06. The first kappa shape index (κ1) is 16.3. The van der Waals surface area contributed by atoms with E-state index in [0.717, 1.165) is 24.2 Å². The molecule has 1 aliphatic rings. The highest BCUT2D eigenvalue weighted by Gasteiger charge is 2.33. The summed E-state index contributed by atoms with van der Waals surface area (Å²) in [7, 11) is 1.63. The molecule has 1 unspecified atom stereocenters. The Morgan fingerprint density at radius 3 is 2.41 bits per heavy atom. The van der Waals surface area contributed by atoms with Crippen molar-refractivity contribution in [3.63, 3.8) is 0 Å². The zero-order chi connectivity index (χ0) is 15.9. The third-order valence-electron chi connectivity index (χ3n) is 3.93. The number of unbranched alkanes of at least 4 members (excludes halogenated alkanes) is 1. The molecule has 5 nitrogen and oxygen atoms in total. The average Bonchev–Trinajstić information content (AvgIpc) is 3.34. The molecule has 1 amide bonds. The number of benzene rings is 1. The Kier molecular flexibility index (Phi) is 5.81. The zero-order valence-electron chi connectivity index (χ0n) is 12.9. The van der Waals surface area contributed by atoms with Gasteiger partial charge in [-0.1, -0.05) is 12.1 Å². The van der Waals surface area contributed by atoms with Crippen LogP contribution >= 0.6 is 0 Å². The molecular weight excluding hydrogens is 282 g/mol. The van der Waals surface area contributed by atoms with Crippen molar-refractivity contribution >= 4 is 11.9 Å². The van der Waals surface area contributed by atoms with E-state index in [1.54, 1.807) is 7.11 Å². The number of rotatable bonds is 9. The van der Waals surface area contributed by atoms with Crippen LogP contribution in [0.4, 0.5) is 0 Å². The van der Waals surface area contributed by atoms with Crippen molar-refractivity contribution < 1.29 is 19.4 Å². The van der Waals surface area contributed by atoms with Gasteiger partial charge in [-0.25, -0.2) is 0 Å². The predicted octanol–water partition coefficient (Wildman–Crippen LogP) is 2.91. The van der Waals surface area contributed by atoms with Crippen molar-refractivity contribution in [1.82, 2.24) is 5.32 Å². The van der Waals surface area contributed by atoms with E-state index in [1.807, 2.05) is 24.3 Å². The maximum absolute atomic E-state index is 12.0. The number of carboxylic acid groups (broad SMARTS) is 1. The van der Waals surface area contributed by atoms with Gasteiger partial charge in [0, 0.05) is 12.8 Å². The lowest BCUT2D eigenvalue weighted by atomic mass is 10.0. The Balaban J connectivity index is 1.85. The summed E-state index contributed by atoms with van der Waals surface area (Å²) in [6.45, 7) is 0. The zero-order valence-corrected chi connectivity index (χ0v) is 12.9. The van der Waals surface area contributed by atoms with Crippen molar-refractivity contribution in [2.24, 2.45) is 5.92 Å². The molecule has 1 fully saturated rings. The number of aliphatic carboxylic acids is 1. The molecule has 0 spiro atoms. The van der Waals surface area contributed by atoms with Gasteiger partial charge >= 0.3 is 5.97 Å². The Bertz CT molecular complexity index is 508. The van der Waals surface area contributed by atoms with Gasteiger partial charge in [0.15, 0.2) is 0 Å². The molecule has 1 atom stereocenters. The second kappa shape index (κ2) is 7.82. The molecule has 5 heteroatoms. The molecule has 1 aliphatic carbocycles. The van der Waals surface area contributed by atoms with Gasteiger partial charge in [0.05, 0.1) is 13.2 Å². The molecule has 0 saturated heterocycles. The number of carbonyl (C=O) groups is 2. The van der Waals surface area contributed by atoms with Crippen LogP contribution in [0.3, 0.4) is 0 Å². The van der Waals surface area contributed by atoms with E-state index in [4.69, 9.17) is 9.84 Å². The van der Waals surface area contributed by atoms with E-state index in [2.05, 4.69) is 5.32 Å². The Hall–Kier alpha value is -2.04. The maximum Gasteiger partial charge on any atom is 0.303 e. The van der Waals surface area contributed by atoms with Crippen LogP contribution in [0.25, 0.3) is 0 Å². The summed E-state index contributed by atoms with van der Waals surface area (Å²) >= 11 is 0. The van der Waals surface area contributed by atoms with Crippen LogP contribution in [-0.2, 0) is 9.59 Å². The highest BCUT2D eigenvalue weighted by atomic mass is 16.5. The third-order valence-corrected chi connectivity index (χ3v) is 3.93. The van der Waals surface area contributed by atoms with Crippen molar-refractivity contribution in [3.8, 4) is 5.75 Å². The van der Waals surface area contributed by atoms with E-state index in [-0.39, 0.29) is 18.4 Å². The lowest BCUT2D eigenvalue weighted by Crippen LogP contribution is -2.29. The van der Waals surface area contributed by atoms with Gasteiger partial charge in [-0.05, 0) is 49.3 Å². The number of ether oxygens (including phenoxy) is 1. The number of nitrogens with one attached hydrogen (secondary N) is 1. The van der Waals surface area contributed by atoms with Gasteiger partial charge in [0.1, 0.15) is 5.75 Å². The Morgan fingerprint density at radius 2 is 1.86 bits per heavy atom. The number of hydrogen-bond acceptors (Lipinski definition) is 3. The predicted molar refractivity (Wildman–Crippen MR) is 82.7 cm³/mol. The second-order valence-corrected chi connectivity index (χ2v) is 5.76. The van der Waals surface area contributed by atoms with Gasteiger partial charge in [0.2, 0.25) is 5.91 Å². The summed E-state index contributed by atoms with van der Waals surface area (Å²) in [4.78, 5) is 22.5. The first-order valence-corrected chi connectivity index (χ1v) is 7.75. The quantitative estimate of drug-likeness (QED) is 0.688. The molecule has 0 aromatic heterocycles.